The van der Waals surface area contributed by atoms with Crippen LogP contribution in [0.5, 0.6) is 0 Å². The van der Waals surface area contributed by atoms with Gasteiger partial charge in [-0.15, -0.1) is 0 Å². The highest BCUT2D eigenvalue weighted by Crippen LogP contribution is 2.33. The van der Waals surface area contributed by atoms with Gasteiger partial charge in [-0.05, 0) is 18.2 Å². The molecule has 3 nitrogen and oxygen atoms in total. The van der Waals surface area contributed by atoms with E-state index in [-0.39, 0.29) is 0 Å². The number of nitrogens with zero attached hydrogens (tertiary/aromatic N) is 1. The van der Waals surface area contributed by atoms with Crippen molar-refractivity contribution in [3.63, 3.8) is 0 Å². The second kappa shape index (κ2) is 3.60. The standard InChI is InChI=1S/C13H8BrNO2/c14-9-5-3-7-11-12(9)8-4-1-2-6-10(8)15(11)13(16)17/h1-7H,(H,16,17). The summed E-state index contributed by atoms with van der Waals surface area (Å²) in [5, 5.41) is 11.2. The molecule has 17 heavy (non-hydrogen) atoms. The van der Waals surface area contributed by atoms with Gasteiger partial charge in [0, 0.05) is 15.2 Å². The van der Waals surface area contributed by atoms with E-state index in [1.807, 2.05) is 42.5 Å². The lowest BCUT2D eigenvalue weighted by Crippen LogP contribution is -2.06. The zero-order valence-corrected chi connectivity index (χ0v) is 10.3. The quantitative estimate of drug-likeness (QED) is 0.677. The van der Waals surface area contributed by atoms with Crippen molar-refractivity contribution in [2.75, 3.05) is 0 Å². The molecule has 3 rings (SSSR count). The number of halogens is 1. The van der Waals surface area contributed by atoms with Crippen LogP contribution in [0.3, 0.4) is 0 Å². The molecule has 0 unspecified atom stereocenters. The number of hydrogen-bond donors (Lipinski definition) is 1. The second-order valence-electron chi connectivity index (χ2n) is 3.77. The fraction of sp³-hybridized carbons (Fsp3) is 0. The third-order valence-electron chi connectivity index (χ3n) is 2.84. The molecule has 0 aliphatic carbocycles. The summed E-state index contributed by atoms with van der Waals surface area (Å²) < 4.78 is 2.22. The minimum Gasteiger partial charge on any atom is -0.464 e. The molecule has 3 aromatic rings. The molecule has 1 N–H and O–H groups in total. The number of fused-ring (bicyclic) bond motifs is 3. The van der Waals surface area contributed by atoms with Crippen LogP contribution in [0.25, 0.3) is 21.8 Å². The van der Waals surface area contributed by atoms with E-state index in [4.69, 9.17) is 0 Å². The zero-order chi connectivity index (χ0) is 12.0. The van der Waals surface area contributed by atoms with Crippen LogP contribution in [0, 0.1) is 0 Å². The molecule has 2 aromatic carbocycles. The van der Waals surface area contributed by atoms with Gasteiger partial charge in [0.2, 0.25) is 0 Å². The predicted molar refractivity (Wildman–Crippen MR) is 70.6 cm³/mol. The fourth-order valence-electron chi connectivity index (χ4n) is 2.18. The maximum atomic E-state index is 11.3. The number of para-hydroxylation sites is 1. The first-order valence-electron chi connectivity index (χ1n) is 5.11. The van der Waals surface area contributed by atoms with Crippen molar-refractivity contribution in [1.29, 1.82) is 0 Å². The average molecular weight is 290 g/mol. The summed E-state index contributed by atoms with van der Waals surface area (Å²) in [6.07, 6.45) is -0.964. The summed E-state index contributed by atoms with van der Waals surface area (Å²) in [4.78, 5) is 11.3. The molecule has 0 radical (unpaired) electrons. The fourth-order valence-corrected chi connectivity index (χ4v) is 2.75. The van der Waals surface area contributed by atoms with Gasteiger partial charge in [-0.2, -0.15) is 0 Å². The van der Waals surface area contributed by atoms with Crippen LogP contribution in [-0.4, -0.2) is 15.8 Å². The van der Waals surface area contributed by atoms with Gasteiger partial charge >= 0.3 is 6.09 Å². The van der Waals surface area contributed by atoms with Gasteiger partial charge in [-0.1, -0.05) is 40.2 Å². The van der Waals surface area contributed by atoms with E-state index >= 15 is 0 Å². The van der Waals surface area contributed by atoms with Gasteiger partial charge in [-0.3, -0.25) is 0 Å². The molecule has 84 valence electrons. The molecule has 0 fully saturated rings. The van der Waals surface area contributed by atoms with Crippen LogP contribution in [-0.2, 0) is 0 Å². The molecule has 0 aliphatic heterocycles. The number of hydrogen-bond acceptors (Lipinski definition) is 1. The summed E-state index contributed by atoms with van der Waals surface area (Å²) in [7, 11) is 0. The van der Waals surface area contributed by atoms with Gasteiger partial charge in [0.25, 0.3) is 0 Å². The van der Waals surface area contributed by atoms with Crippen LogP contribution >= 0.6 is 15.9 Å². The van der Waals surface area contributed by atoms with Crippen LogP contribution in [0.15, 0.2) is 46.9 Å². The maximum Gasteiger partial charge on any atom is 0.416 e. The number of carboxylic acid groups (broad SMARTS) is 1. The molecule has 4 heteroatoms. The highest BCUT2D eigenvalue weighted by Gasteiger charge is 2.15. The van der Waals surface area contributed by atoms with Crippen molar-refractivity contribution in [3.8, 4) is 0 Å². The van der Waals surface area contributed by atoms with Crippen LogP contribution < -0.4 is 0 Å². The van der Waals surface area contributed by atoms with E-state index in [1.165, 1.54) is 4.57 Å². The number of aromatic nitrogens is 1. The van der Waals surface area contributed by atoms with E-state index in [0.717, 1.165) is 15.2 Å². The third kappa shape index (κ3) is 1.37. The van der Waals surface area contributed by atoms with Crippen molar-refractivity contribution in [2.45, 2.75) is 0 Å². The average Bonchev–Trinajstić information content (AvgIpc) is 2.64. The summed E-state index contributed by atoms with van der Waals surface area (Å²) in [5.41, 5.74) is 1.41. The lowest BCUT2D eigenvalue weighted by atomic mass is 10.2. The molecule has 0 saturated heterocycles. The van der Waals surface area contributed by atoms with E-state index in [2.05, 4.69) is 15.9 Å². The molecule has 0 atom stereocenters. The lowest BCUT2D eigenvalue weighted by molar-refractivity contribution is 0.198. The Hall–Kier alpha value is -1.81. The molecule has 0 bridgehead atoms. The number of rotatable bonds is 0. The Morgan fingerprint density at radius 1 is 1.06 bits per heavy atom. The van der Waals surface area contributed by atoms with Gasteiger partial charge < -0.3 is 5.11 Å². The smallest absolute Gasteiger partial charge is 0.416 e. The van der Waals surface area contributed by atoms with Crippen molar-refractivity contribution in [1.82, 2.24) is 4.57 Å². The monoisotopic (exact) mass is 289 g/mol. The van der Waals surface area contributed by atoms with Crippen LogP contribution in [0.2, 0.25) is 0 Å². The lowest BCUT2D eigenvalue weighted by Gasteiger charge is -1.99. The Bertz CT molecular complexity index is 746. The third-order valence-corrected chi connectivity index (χ3v) is 3.50. The van der Waals surface area contributed by atoms with Crippen molar-refractivity contribution < 1.29 is 9.90 Å². The van der Waals surface area contributed by atoms with Crippen molar-refractivity contribution in [3.05, 3.63) is 46.9 Å². The first-order chi connectivity index (χ1) is 8.20. The Morgan fingerprint density at radius 3 is 2.53 bits per heavy atom. The molecule has 1 aromatic heterocycles. The summed E-state index contributed by atoms with van der Waals surface area (Å²) in [6, 6.07) is 13.1. The maximum absolute atomic E-state index is 11.3. The van der Waals surface area contributed by atoms with Gasteiger partial charge in [0.15, 0.2) is 0 Å². The van der Waals surface area contributed by atoms with E-state index in [9.17, 15) is 9.90 Å². The number of benzene rings is 2. The van der Waals surface area contributed by atoms with Crippen molar-refractivity contribution >= 4 is 43.8 Å². The summed E-state index contributed by atoms with van der Waals surface area (Å²) in [6.45, 7) is 0. The normalized spacial score (nSPS) is 11.1. The van der Waals surface area contributed by atoms with Gasteiger partial charge in [-0.25, -0.2) is 9.36 Å². The van der Waals surface area contributed by atoms with Gasteiger partial charge in [0.1, 0.15) is 0 Å². The predicted octanol–water partition coefficient (Wildman–Crippen LogP) is 4.08. The largest absolute Gasteiger partial charge is 0.464 e. The summed E-state index contributed by atoms with van der Waals surface area (Å²) in [5.74, 6) is 0. The Kier molecular flexibility index (Phi) is 2.19. The topological polar surface area (TPSA) is 42.2 Å². The van der Waals surface area contributed by atoms with E-state index in [1.54, 1.807) is 0 Å². The van der Waals surface area contributed by atoms with Crippen LogP contribution in [0.1, 0.15) is 0 Å². The molecule has 0 aliphatic rings. The minimum absolute atomic E-state index is 0.702. The minimum atomic E-state index is -0.964. The molecule has 0 saturated carbocycles. The Morgan fingerprint density at radius 2 is 1.76 bits per heavy atom. The molecule has 1 heterocycles. The van der Waals surface area contributed by atoms with Gasteiger partial charge in [0.05, 0.1) is 11.0 Å². The highest BCUT2D eigenvalue weighted by molar-refractivity contribution is 9.10. The molecular formula is C13H8BrNO2. The first kappa shape index (κ1) is 10.4. The van der Waals surface area contributed by atoms with E-state index < -0.39 is 6.09 Å². The Balaban J connectivity index is 2.67. The second-order valence-corrected chi connectivity index (χ2v) is 4.62. The van der Waals surface area contributed by atoms with Crippen molar-refractivity contribution in [2.24, 2.45) is 0 Å². The molecule has 0 spiro atoms. The molecule has 0 amide bonds. The van der Waals surface area contributed by atoms with Crippen LogP contribution in [0.4, 0.5) is 4.79 Å². The number of carbonyl (C=O) groups is 1. The molecular weight excluding hydrogens is 282 g/mol. The first-order valence-corrected chi connectivity index (χ1v) is 5.90. The summed E-state index contributed by atoms with van der Waals surface area (Å²) >= 11 is 3.47. The van der Waals surface area contributed by atoms with E-state index in [0.29, 0.717) is 11.0 Å². The SMILES string of the molecule is O=C(O)n1c2ccccc2c2c(Br)cccc21. The highest BCUT2D eigenvalue weighted by atomic mass is 79.9. The zero-order valence-electron chi connectivity index (χ0n) is 8.72. The Labute approximate surface area is 105 Å².